The molecule has 0 bridgehead atoms. The van der Waals surface area contributed by atoms with Crippen molar-refractivity contribution in [3.8, 4) is 0 Å². The van der Waals surface area contributed by atoms with Crippen LogP contribution >= 0.6 is 0 Å². The molecule has 0 aliphatic carbocycles. The maximum Gasteiger partial charge on any atom is 0.0716 e. The Morgan fingerprint density at radius 3 is 2.63 bits per heavy atom. The first-order valence-corrected chi connectivity index (χ1v) is 7.39. The molecule has 0 saturated carbocycles. The molecule has 1 heterocycles. The fraction of sp³-hybridized carbons (Fsp3) is 0.625. The molecule has 1 fully saturated rings. The SMILES string of the molecule is COCc1ccccc1CNCCCN1CCCC1. The monoisotopic (exact) mass is 262 g/mol. The van der Waals surface area contributed by atoms with Crippen LogP contribution in [-0.2, 0) is 17.9 Å². The number of nitrogens with one attached hydrogen (secondary N) is 1. The minimum atomic E-state index is 0.700. The number of methoxy groups -OCH3 is 1. The van der Waals surface area contributed by atoms with Crippen LogP contribution in [0.1, 0.15) is 30.4 Å². The molecular formula is C16H26N2O. The van der Waals surface area contributed by atoms with Crippen molar-refractivity contribution in [2.75, 3.05) is 33.3 Å². The van der Waals surface area contributed by atoms with E-state index in [1.165, 1.54) is 50.0 Å². The molecule has 3 heteroatoms. The highest BCUT2D eigenvalue weighted by molar-refractivity contribution is 5.26. The smallest absolute Gasteiger partial charge is 0.0716 e. The quantitative estimate of drug-likeness (QED) is 0.728. The van der Waals surface area contributed by atoms with Crippen molar-refractivity contribution < 1.29 is 4.74 Å². The molecule has 1 saturated heterocycles. The number of benzene rings is 1. The van der Waals surface area contributed by atoms with Crippen molar-refractivity contribution in [3.63, 3.8) is 0 Å². The predicted octanol–water partition coefficient (Wildman–Crippen LogP) is 2.41. The molecule has 0 amide bonds. The maximum atomic E-state index is 5.23. The molecule has 0 radical (unpaired) electrons. The lowest BCUT2D eigenvalue weighted by atomic mass is 10.1. The molecule has 3 nitrogen and oxygen atoms in total. The second-order valence-corrected chi connectivity index (χ2v) is 5.28. The number of ether oxygens (including phenoxy) is 1. The summed E-state index contributed by atoms with van der Waals surface area (Å²) < 4.78 is 5.23. The molecule has 2 rings (SSSR count). The Bertz CT molecular complexity index is 362. The van der Waals surface area contributed by atoms with Crippen LogP contribution in [0, 0.1) is 0 Å². The minimum Gasteiger partial charge on any atom is -0.380 e. The van der Waals surface area contributed by atoms with E-state index in [1.807, 2.05) is 0 Å². The average molecular weight is 262 g/mol. The van der Waals surface area contributed by atoms with E-state index in [9.17, 15) is 0 Å². The highest BCUT2D eigenvalue weighted by Crippen LogP contribution is 2.10. The maximum absolute atomic E-state index is 5.23. The summed E-state index contributed by atoms with van der Waals surface area (Å²) >= 11 is 0. The summed E-state index contributed by atoms with van der Waals surface area (Å²) in [4.78, 5) is 2.57. The second kappa shape index (κ2) is 8.31. The predicted molar refractivity (Wildman–Crippen MR) is 79.2 cm³/mol. The average Bonchev–Trinajstić information content (AvgIpc) is 2.94. The normalized spacial score (nSPS) is 16.1. The van der Waals surface area contributed by atoms with Gasteiger partial charge in [-0.1, -0.05) is 24.3 Å². The van der Waals surface area contributed by atoms with Gasteiger partial charge in [0, 0.05) is 13.7 Å². The molecule has 1 aromatic carbocycles. The van der Waals surface area contributed by atoms with Crippen LogP contribution in [-0.4, -0.2) is 38.2 Å². The van der Waals surface area contributed by atoms with E-state index in [1.54, 1.807) is 7.11 Å². The van der Waals surface area contributed by atoms with Gasteiger partial charge in [-0.2, -0.15) is 0 Å². The van der Waals surface area contributed by atoms with Gasteiger partial charge in [0.15, 0.2) is 0 Å². The van der Waals surface area contributed by atoms with Gasteiger partial charge in [0.25, 0.3) is 0 Å². The zero-order chi connectivity index (χ0) is 13.3. The first-order chi connectivity index (χ1) is 9.40. The van der Waals surface area contributed by atoms with Gasteiger partial charge in [0.05, 0.1) is 6.61 Å². The van der Waals surface area contributed by atoms with Crippen molar-refractivity contribution in [1.29, 1.82) is 0 Å². The molecule has 0 aromatic heterocycles. The van der Waals surface area contributed by atoms with Crippen LogP contribution in [0.25, 0.3) is 0 Å². The molecule has 1 aromatic rings. The largest absolute Gasteiger partial charge is 0.380 e. The Hall–Kier alpha value is -0.900. The first kappa shape index (κ1) is 14.5. The lowest BCUT2D eigenvalue weighted by Crippen LogP contribution is -2.24. The van der Waals surface area contributed by atoms with Crippen LogP contribution in [0.3, 0.4) is 0 Å². The van der Waals surface area contributed by atoms with Gasteiger partial charge in [-0.3, -0.25) is 0 Å². The zero-order valence-corrected chi connectivity index (χ0v) is 12.0. The first-order valence-electron chi connectivity index (χ1n) is 7.39. The van der Waals surface area contributed by atoms with E-state index in [0.717, 1.165) is 13.1 Å². The Labute approximate surface area is 116 Å². The van der Waals surface area contributed by atoms with Gasteiger partial charge in [0.2, 0.25) is 0 Å². The van der Waals surface area contributed by atoms with Crippen molar-refractivity contribution in [2.24, 2.45) is 0 Å². The summed E-state index contributed by atoms with van der Waals surface area (Å²) in [6, 6.07) is 8.50. The summed E-state index contributed by atoms with van der Waals surface area (Å²) in [5, 5.41) is 3.54. The molecule has 0 atom stereocenters. The topological polar surface area (TPSA) is 24.5 Å². The van der Waals surface area contributed by atoms with Crippen LogP contribution in [0.4, 0.5) is 0 Å². The van der Waals surface area contributed by atoms with Crippen molar-refractivity contribution >= 4 is 0 Å². The van der Waals surface area contributed by atoms with Gasteiger partial charge in [-0.15, -0.1) is 0 Å². The van der Waals surface area contributed by atoms with Crippen molar-refractivity contribution in [2.45, 2.75) is 32.4 Å². The molecule has 1 aliphatic heterocycles. The number of hydrogen-bond acceptors (Lipinski definition) is 3. The third-order valence-corrected chi connectivity index (χ3v) is 3.76. The van der Waals surface area contributed by atoms with Crippen LogP contribution in [0.2, 0.25) is 0 Å². The lowest BCUT2D eigenvalue weighted by Gasteiger charge is -2.15. The van der Waals surface area contributed by atoms with E-state index in [-0.39, 0.29) is 0 Å². The van der Waals surface area contributed by atoms with Crippen LogP contribution < -0.4 is 5.32 Å². The van der Waals surface area contributed by atoms with E-state index >= 15 is 0 Å². The van der Waals surface area contributed by atoms with Gasteiger partial charge in [-0.25, -0.2) is 0 Å². The van der Waals surface area contributed by atoms with Crippen molar-refractivity contribution in [3.05, 3.63) is 35.4 Å². The second-order valence-electron chi connectivity index (χ2n) is 5.28. The van der Waals surface area contributed by atoms with Crippen molar-refractivity contribution in [1.82, 2.24) is 10.2 Å². The molecule has 0 spiro atoms. The minimum absolute atomic E-state index is 0.700. The molecule has 19 heavy (non-hydrogen) atoms. The Morgan fingerprint density at radius 1 is 1.16 bits per heavy atom. The third kappa shape index (κ3) is 4.94. The summed E-state index contributed by atoms with van der Waals surface area (Å²) in [7, 11) is 1.75. The van der Waals surface area contributed by atoms with Gasteiger partial charge in [0.1, 0.15) is 0 Å². The number of likely N-dealkylation sites (tertiary alicyclic amines) is 1. The van der Waals surface area contributed by atoms with E-state index in [4.69, 9.17) is 4.74 Å². The lowest BCUT2D eigenvalue weighted by molar-refractivity contribution is 0.184. The fourth-order valence-corrected chi connectivity index (χ4v) is 2.68. The van der Waals surface area contributed by atoms with Crippen LogP contribution in [0.5, 0.6) is 0 Å². The Balaban J connectivity index is 1.64. The van der Waals surface area contributed by atoms with E-state index < -0.39 is 0 Å². The highest BCUT2D eigenvalue weighted by Gasteiger charge is 2.09. The number of rotatable bonds is 8. The van der Waals surface area contributed by atoms with Gasteiger partial charge < -0.3 is 15.0 Å². The standard InChI is InChI=1S/C16H26N2O/c1-19-14-16-8-3-2-7-15(16)13-17-9-6-12-18-10-4-5-11-18/h2-3,7-8,17H,4-6,9-14H2,1H3. The van der Waals surface area contributed by atoms with Crippen LogP contribution in [0.15, 0.2) is 24.3 Å². The Morgan fingerprint density at radius 2 is 1.89 bits per heavy atom. The summed E-state index contributed by atoms with van der Waals surface area (Å²) in [6.07, 6.45) is 4.02. The molecule has 0 unspecified atom stereocenters. The molecule has 1 N–H and O–H groups in total. The Kier molecular flexibility index (Phi) is 6.34. The third-order valence-electron chi connectivity index (χ3n) is 3.76. The summed E-state index contributed by atoms with van der Waals surface area (Å²) in [5.41, 5.74) is 2.64. The fourth-order valence-electron chi connectivity index (χ4n) is 2.68. The van der Waals surface area contributed by atoms with Gasteiger partial charge in [-0.05, 0) is 56.6 Å². The van der Waals surface area contributed by atoms with E-state index in [0.29, 0.717) is 6.61 Å². The molecular weight excluding hydrogens is 236 g/mol. The number of nitrogens with zero attached hydrogens (tertiary/aromatic N) is 1. The van der Waals surface area contributed by atoms with E-state index in [2.05, 4.69) is 34.5 Å². The highest BCUT2D eigenvalue weighted by atomic mass is 16.5. The molecule has 106 valence electrons. The summed E-state index contributed by atoms with van der Waals surface area (Å²) in [5.74, 6) is 0. The molecule has 1 aliphatic rings. The van der Waals surface area contributed by atoms with Gasteiger partial charge >= 0.3 is 0 Å². The zero-order valence-electron chi connectivity index (χ0n) is 12.0. The summed E-state index contributed by atoms with van der Waals surface area (Å²) in [6.45, 7) is 6.59. The number of hydrogen-bond donors (Lipinski definition) is 1.